The van der Waals surface area contributed by atoms with Gasteiger partial charge >= 0.3 is 12.3 Å². The highest BCUT2D eigenvalue weighted by Crippen LogP contribution is 2.42. The van der Waals surface area contributed by atoms with E-state index < -0.39 is 44.2 Å². The summed E-state index contributed by atoms with van der Waals surface area (Å²) in [6, 6.07) is 10.9. The number of carboxylic acid groups (broad SMARTS) is 1. The van der Waals surface area contributed by atoms with Crippen LogP contribution < -0.4 is 5.32 Å². The van der Waals surface area contributed by atoms with E-state index in [0.717, 1.165) is 33.0 Å². The van der Waals surface area contributed by atoms with Gasteiger partial charge in [-0.15, -0.1) is 11.3 Å². The monoisotopic (exact) mass is 619 g/mol. The van der Waals surface area contributed by atoms with Gasteiger partial charge in [-0.05, 0) is 59.3 Å². The molecule has 0 saturated heterocycles. The van der Waals surface area contributed by atoms with Crippen LogP contribution in [-0.2, 0) is 17.0 Å². The predicted octanol–water partition coefficient (Wildman–Crippen LogP) is 8.85. The number of hydrogen-bond acceptors (Lipinski definition) is 5. The predicted molar refractivity (Wildman–Crippen MR) is 159 cm³/mol. The molecule has 224 valence electrons. The van der Waals surface area contributed by atoms with Gasteiger partial charge in [0.2, 0.25) is 5.95 Å². The lowest BCUT2D eigenvalue weighted by atomic mass is 9.97. The van der Waals surface area contributed by atoms with E-state index in [-0.39, 0.29) is 5.04 Å². The van der Waals surface area contributed by atoms with Crippen LogP contribution in [0.5, 0.6) is 0 Å². The number of carbonyl (C=O) groups is 1. The largest absolute Gasteiger partial charge is 0.465 e. The summed E-state index contributed by atoms with van der Waals surface area (Å²) >= 11 is 1.44. The van der Waals surface area contributed by atoms with Gasteiger partial charge in [-0.3, -0.25) is 0 Å². The van der Waals surface area contributed by atoms with Crippen LogP contribution >= 0.6 is 11.3 Å². The molecule has 6 nitrogen and oxygen atoms in total. The van der Waals surface area contributed by atoms with E-state index in [4.69, 9.17) is 4.43 Å². The van der Waals surface area contributed by atoms with Gasteiger partial charge in [-0.25, -0.2) is 14.8 Å². The molecule has 2 heterocycles. The number of fused-ring (bicyclic) bond motifs is 1. The van der Waals surface area contributed by atoms with Gasteiger partial charge < -0.3 is 14.8 Å². The van der Waals surface area contributed by atoms with Crippen molar-refractivity contribution >= 4 is 36.5 Å². The summed E-state index contributed by atoms with van der Waals surface area (Å²) in [6.45, 7) is 10.1. The molecule has 2 aromatic heterocycles. The smallest absolute Gasteiger partial charge is 0.416 e. The van der Waals surface area contributed by atoms with Crippen molar-refractivity contribution < 1.29 is 31.9 Å². The third-order valence-electron chi connectivity index (χ3n) is 7.66. The SMILES string of the molecule is CC(C)(C)[Si](C)(C)O[C@@H](c1ccc(C(F)(F)F)cc1)[C@@H](CCc1ncc(-c2ccc3cnc(F)cc3c2)s1)NC(=O)O. The maximum absolute atomic E-state index is 13.6. The molecule has 0 unspecified atom stereocenters. The highest BCUT2D eigenvalue weighted by atomic mass is 32.1. The number of amides is 1. The summed E-state index contributed by atoms with van der Waals surface area (Å²) in [5, 5.41) is 14.3. The van der Waals surface area contributed by atoms with Crippen molar-refractivity contribution in [1.29, 1.82) is 0 Å². The number of nitrogens with one attached hydrogen (secondary N) is 1. The average Bonchev–Trinajstić information content (AvgIpc) is 3.37. The van der Waals surface area contributed by atoms with Gasteiger partial charge in [-0.2, -0.15) is 17.6 Å². The second-order valence-electron chi connectivity index (χ2n) is 11.7. The Morgan fingerprint density at radius 2 is 1.71 bits per heavy atom. The Kier molecular flexibility index (Phi) is 9.10. The van der Waals surface area contributed by atoms with Crippen LogP contribution in [0.2, 0.25) is 18.1 Å². The third kappa shape index (κ3) is 7.53. The van der Waals surface area contributed by atoms with Gasteiger partial charge in [0.25, 0.3) is 0 Å². The number of hydrogen-bond donors (Lipinski definition) is 2. The molecule has 2 atom stereocenters. The van der Waals surface area contributed by atoms with Gasteiger partial charge in [0.1, 0.15) is 0 Å². The Morgan fingerprint density at radius 1 is 1.02 bits per heavy atom. The number of aromatic nitrogens is 2. The van der Waals surface area contributed by atoms with Crippen LogP contribution in [0.3, 0.4) is 0 Å². The number of nitrogens with zero attached hydrogens (tertiary/aromatic N) is 2. The van der Waals surface area contributed by atoms with Gasteiger partial charge in [0.05, 0.1) is 27.6 Å². The van der Waals surface area contributed by atoms with E-state index >= 15 is 0 Å². The minimum Gasteiger partial charge on any atom is -0.465 e. The van der Waals surface area contributed by atoms with Gasteiger partial charge in [-0.1, -0.05) is 45.0 Å². The van der Waals surface area contributed by atoms with Gasteiger partial charge in [0.15, 0.2) is 8.32 Å². The molecule has 0 radical (unpaired) electrons. The maximum Gasteiger partial charge on any atom is 0.416 e. The second kappa shape index (κ2) is 12.1. The topological polar surface area (TPSA) is 84.3 Å². The number of thiazole rings is 1. The molecule has 0 spiro atoms. The molecular weight excluding hydrogens is 586 g/mol. The molecule has 2 N–H and O–H groups in total. The molecule has 2 aromatic carbocycles. The van der Waals surface area contributed by atoms with E-state index in [2.05, 4.69) is 15.3 Å². The lowest BCUT2D eigenvalue weighted by Crippen LogP contribution is -2.48. The molecule has 1 amide bonds. The van der Waals surface area contributed by atoms with Crippen LogP contribution in [-0.4, -0.2) is 35.5 Å². The molecule has 4 aromatic rings. The summed E-state index contributed by atoms with van der Waals surface area (Å²) in [4.78, 5) is 20.9. The Bertz CT molecular complexity index is 1550. The van der Waals surface area contributed by atoms with Crippen molar-refractivity contribution in [2.24, 2.45) is 0 Å². The minimum atomic E-state index is -4.49. The number of halogens is 4. The van der Waals surface area contributed by atoms with E-state index in [1.54, 1.807) is 6.20 Å². The second-order valence-corrected chi connectivity index (χ2v) is 17.6. The van der Waals surface area contributed by atoms with Crippen molar-refractivity contribution in [2.75, 3.05) is 0 Å². The quantitative estimate of drug-likeness (QED) is 0.111. The van der Waals surface area contributed by atoms with Crippen LogP contribution in [0.1, 0.15) is 49.4 Å². The Balaban J connectivity index is 1.61. The first-order valence-electron chi connectivity index (χ1n) is 13.4. The molecule has 0 saturated carbocycles. The number of alkyl halides is 3. The third-order valence-corrected chi connectivity index (χ3v) is 13.2. The normalized spacial score (nSPS) is 14.1. The first-order chi connectivity index (χ1) is 19.5. The summed E-state index contributed by atoms with van der Waals surface area (Å²) in [7, 11) is -2.49. The molecular formula is C30H33F4N3O3SSi. The molecule has 4 rings (SSSR count). The van der Waals surface area contributed by atoms with Crippen LogP contribution in [0.25, 0.3) is 21.2 Å². The van der Waals surface area contributed by atoms with Crippen LogP contribution in [0.4, 0.5) is 22.4 Å². The summed E-state index contributed by atoms with van der Waals surface area (Å²) in [6.07, 6.45) is -2.67. The van der Waals surface area contributed by atoms with Crippen molar-refractivity contribution in [3.8, 4) is 10.4 Å². The van der Waals surface area contributed by atoms with Crippen LogP contribution in [0.15, 0.2) is 60.9 Å². The Hall–Kier alpha value is -3.35. The van der Waals surface area contributed by atoms with Crippen molar-refractivity contribution in [3.63, 3.8) is 0 Å². The molecule has 12 heteroatoms. The molecule has 0 aliphatic heterocycles. The average molecular weight is 620 g/mol. The van der Waals surface area contributed by atoms with Crippen molar-refractivity contribution in [3.05, 3.63) is 83.0 Å². The fourth-order valence-electron chi connectivity index (χ4n) is 4.30. The highest BCUT2D eigenvalue weighted by Gasteiger charge is 2.42. The van der Waals surface area contributed by atoms with Crippen molar-refractivity contribution in [1.82, 2.24) is 15.3 Å². The molecule has 0 fully saturated rings. The lowest BCUT2D eigenvalue weighted by Gasteiger charge is -2.41. The van der Waals surface area contributed by atoms with E-state index in [0.29, 0.717) is 23.8 Å². The zero-order valence-corrected chi connectivity index (χ0v) is 25.7. The first kappa shape index (κ1) is 31.6. The molecule has 42 heavy (non-hydrogen) atoms. The molecule has 0 bridgehead atoms. The van der Waals surface area contributed by atoms with E-state index in [1.165, 1.54) is 35.7 Å². The summed E-state index contributed by atoms with van der Waals surface area (Å²) < 4.78 is 60.1. The number of aryl methyl sites for hydroxylation is 1. The van der Waals surface area contributed by atoms with Crippen molar-refractivity contribution in [2.45, 2.75) is 70.1 Å². The molecule has 0 aliphatic rings. The minimum absolute atomic E-state index is 0.228. The fraction of sp³-hybridized carbons (Fsp3) is 0.367. The zero-order valence-electron chi connectivity index (χ0n) is 23.9. The summed E-state index contributed by atoms with van der Waals surface area (Å²) in [5.41, 5.74) is 0.535. The fourth-order valence-corrected chi connectivity index (χ4v) is 6.52. The van der Waals surface area contributed by atoms with E-state index in [9.17, 15) is 27.5 Å². The maximum atomic E-state index is 13.6. The summed E-state index contributed by atoms with van der Waals surface area (Å²) in [5.74, 6) is -0.566. The first-order valence-corrected chi connectivity index (χ1v) is 17.1. The van der Waals surface area contributed by atoms with Gasteiger partial charge in [0, 0.05) is 30.3 Å². The highest BCUT2D eigenvalue weighted by molar-refractivity contribution is 7.15. The van der Waals surface area contributed by atoms with E-state index in [1.807, 2.05) is 52.1 Å². The lowest BCUT2D eigenvalue weighted by molar-refractivity contribution is -0.137. The number of rotatable bonds is 9. The number of pyridine rings is 1. The Labute approximate surface area is 246 Å². The Morgan fingerprint density at radius 3 is 2.33 bits per heavy atom. The number of benzene rings is 2. The standard InChI is InChI=1S/C30H33F4N3O3SSi/c1-29(2,3)42(4,5)40-27(18-8-10-22(11-9-18)30(32,33)34)23(37-28(38)39)12-13-26-36-17-24(41-26)19-6-7-20-16-35-25(31)15-21(20)14-19/h6-11,14-17,23,27,37H,12-13H2,1-5H3,(H,38,39)/t23-,27+/m1/s1. The molecule has 0 aliphatic carbocycles. The zero-order chi connectivity index (χ0) is 30.9. The van der Waals surface area contributed by atoms with Crippen LogP contribution in [0, 0.1) is 5.95 Å².